The normalized spacial score (nSPS) is 11.7. The predicted molar refractivity (Wildman–Crippen MR) is 94.4 cm³/mol. The molecule has 0 amide bonds. The molecule has 1 N–H and O–H groups in total. The number of carbonyl (C=O) groups is 1. The first kappa shape index (κ1) is 15.8. The minimum absolute atomic E-state index is 0.519. The highest BCUT2D eigenvalue weighted by Gasteiger charge is 2.14. The van der Waals surface area contributed by atoms with Crippen LogP contribution in [-0.4, -0.2) is 11.1 Å². The smallest absolute Gasteiger partial charge is 0.310 e. The van der Waals surface area contributed by atoms with Crippen molar-refractivity contribution in [3.8, 4) is 22.6 Å². The summed E-state index contributed by atoms with van der Waals surface area (Å²) < 4.78 is 5.99. The van der Waals surface area contributed by atoms with Crippen molar-refractivity contribution in [3.05, 3.63) is 84.4 Å². The van der Waals surface area contributed by atoms with Crippen LogP contribution in [0.25, 0.3) is 11.1 Å². The molecular weight excluding hydrogens is 300 g/mol. The Hall–Kier alpha value is -3.07. The minimum atomic E-state index is -0.824. The molecule has 3 aromatic carbocycles. The van der Waals surface area contributed by atoms with Gasteiger partial charge in [0.25, 0.3) is 0 Å². The molecule has 24 heavy (non-hydrogen) atoms. The van der Waals surface area contributed by atoms with E-state index >= 15 is 0 Å². The Morgan fingerprint density at radius 1 is 0.875 bits per heavy atom. The highest BCUT2D eigenvalue weighted by atomic mass is 16.5. The predicted octanol–water partition coefficient (Wildman–Crippen LogP) is 5.33. The van der Waals surface area contributed by atoms with Crippen LogP contribution in [0.3, 0.4) is 0 Å². The number of para-hydroxylation sites is 2. The number of hydrogen-bond acceptors (Lipinski definition) is 2. The average molecular weight is 318 g/mol. The number of hydrogen-bond donors (Lipinski definition) is 1. The molecule has 1 unspecified atom stereocenters. The lowest BCUT2D eigenvalue weighted by molar-refractivity contribution is -0.138. The summed E-state index contributed by atoms with van der Waals surface area (Å²) in [6, 6.07) is 25.0. The van der Waals surface area contributed by atoms with Crippen molar-refractivity contribution in [2.45, 2.75) is 12.8 Å². The highest BCUT2D eigenvalue weighted by molar-refractivity contribution is 5.76. The Morgan fingerprint density at radius 2 is 1.50 bits per heavy atom. The Kier molecular flexibility index (Phi) is 4.62. The van der Waals surface area contributed by atoms with E-state index in [0.29, 0.717) is 0 Å². The maximum absolute atomic E-state index is 11.1. The summed E-state index contributed by atoms with van der Waals surface area (Å²) in [6.45, 7) is 1.68. The molecule has 0 heterocycles. The molecule has 0 aliphatic heterocycles. The zero-order valence-corrected chi connectivity index (χ0v) is 13.3. The van der Waals surface area contributed by atoms with Gasteiger partial charge in [-0.2, -0.15) is 0 Å². The molecule has 3 nitrogen and oxygen atoms in total. The van der Waals surface area contributed by atoms with E-state index in [0.717, 1.165) is 28.2 Å². The van der Waals surface area contributed by atoms with Crippen molar-refractivity contribution in [3.63, 3.8) is 0 Å². The van der Waals surface area contributed by atoms with Crippen molar-refractivity contribution in [2.75, 3.05) is 0 Å². The SMILES string of the molecule is CC(C(=O)O)c1ccc(-c2ccccc2Oc2ccccc2)cc1. The summed E-state index contributed by atoms with van der Waals surface area (Å²) in [4.78, 5) is 11.1. The molecule has 3 rings (SSSR count). The fraction of sp³-hybridized carbons (Fsp3) is 0.0952. The minimum Gasteiger partial charge on any atom is -0.481 e. The van der Waals surface area contributed by atoms with Crippen LogP contribution in [0, 0.1) is 0 Å². The monoisotopic (exact) mass is 318 g/mol. The zero-order chi connectivity index (χ0) is 16.9. The van der Waals surface area contributed by atoms with E-state index in [-0.39, 0.29) is 0 Å². The van der Waals surface area contributed by atoms with Crippen LogP contribution in [0.2, 0.25) is 0 Å². The van der Waals surface area contributed by atoms with Crippen LogP contribution in [0.4, 0.5) is 0 Å². The second kappa shape index (κ2) is 7.01. The topological polar surface area (TPSA) is 46.5 Å². The molecule has 1 atom stereocenters. The molecule has 0 fully saturated rings. The summed E-state index contributed by atoms with van der Waals surface area (Å²) in [5, 5.41) is 9.11. The van der Waals surface area contributed by atoms with Crippen molar-refractivity contribution in [1.82, 2.24) is 0 Å². The third kappa shape index (κ3) is 3.46. The molecule has 0 spiro atoms. The molecule has 120 valence electrons. The summed E-state index contributed by atoms with van der Waals surface area (Å²) in [5.41, 5.74) is 2.74. The molecule has 0 aromatic heterocycles. The number of carboxylic acid groups (broad SMARTS) is 1. The van der Waals surface area contributed by atoms with Gasteiger partial charge in [0.2, 0.25) is 0 Å². The second-order valence-corrected chi connectivity index (χ2v) is 5.59. The Bertz CT molecular complexity index is 823. The van der Waals surface area contributed by atoms with E-state index in [4.69, 9.17) is 9.84 Å². The van der Waals surface area contributed by atoms with Crippen molar-refractivity contribution >= 4 is 5.97 Å². The van der Waals surface area contributed by atoms with Crippen LogP contribution in [0.15, 0.2) is 78.9 Å². The van der Waals surface area contributed by atoms with Gasteiger partial charge in [0, 0.05) is 5.56 Å². The lowest BCUT2D eigenvalue weighted by Gasteiger charge is -2.12. The van der Waals surface area contributed by atoms with Crippen molar-refractivity contribution in [1.29, 1.82) is 0 Å². The Labute approximate surface area is 141 Å². The molecule has 0 saturated carbocycles. The average Bonchev–Trinajstić information content (AvgIpc) is 2.62. The fourth-order valence-electron chi connectivity index (χ4n) is 2.50. The molecular formula is C21H18O3. The van der Waals surface area contributed by atoms with Gasteiger partial charge in [0.1, 0.15) is 11.5 Å². The summed E-state index contributed by atoms with van der Waals surface area (Å²) >= 11 is 0. The second-order valence-electron chi connectivity index (χ2n) is 5.59. The number of aliphatic carboxylic acids is 1. The van der Waals surface area contributed by atoms with E-state index in [1.807, 2.05) is 78.9 Å². The molecule has 3 heteroatoms. The molecule has 3 aromatic rings. The molecule has 0 aliphatic carbocycles. The van der Waals surface area contributed by atoms with Gasteiger partial charge in [-0.05, 0) is 36.2 Å². The largest absolute Gasteiger partial charge is 0.481 e. The lowest BCUT2D eigenvalue weighted by atomic mass is 9.97. The first-order valence-corrected chi connectivity index (χ1v) is 7.80. The maximum atomic E-state index is 11.1. The van der Waals surface area contributed by atoms with E-state index < -0.39 is 11.9 Å². The van der Waals surface area contributed by atoms with Gasteiger partial charge in [-0.1, -0.05) is 60.7 Å². The lowest BCUT2D eigenvalue weighted by Crippen LogP contribution is -2.06. The van der Waals surface area contributed by atoms with E-state index in [2.05, 4.69) is 0 Å². The first-order valence-electron chi connectivity index (χ1n) is 7.80. The molecule has 0 saturated heterocycles. The van der Waals surface area contributed by atoms with Crippen molar-refractivity contribution < 1.29 is 14.6 Å². The van der Waals surface area contributed by atoms with Crippen LogP contribution in [0.5, 0.6) is 11.5 Å². The number of carboxylic acids is 1. The van der Waals surface area contributed by atoms with Crippen LogP contribution in [-0.2, 0) is 4.79 Å². The maximum Gasteiger partial charge on any atom is 0.310 e. The standard InChI is InChI=1S/C21H18O3/c1-15(21(22)23)16-11-13-17(14-12-16)19-9-5-6-10-20(19)24-18-7-3-2-4-8-18/h2-15H,1H3,(H,22,23). The fourth-order valence-corrected chi connectivity index (χ4v) is 2.50. The van der Waals surface area contributed by atoms with E-state index in [1.165, 1.54) is 0 Å². The summed E-state index contributed by atoms with van der Waals surface area (Å²) in [6.07, 6.45) is 0. The van der Waals surface area contributed by atoms with Crippen LogP contribution >= 0.6 is 0 Å². The number of rotatable bonds is 5. The van der Waals surface area contributed by atoms with E-state index in [9.17, 15) is 4.79 Å². The summed E-state index contributed by atoms with van der Waals surface area (Å²) in [7, 11) is 0. The van der Waals surface area contributed by atoms with Gasteiger partial charge in [0.15, 0.2) is 0 Å². The Morgan fingerprint density at radius 3 is 2.17 bits per heavy atom. The Balaban J connectivity index is 1.91. The van der Waals surface area contributed by atoms with Gasteiger partial charge < -0.3 is 9.84 Å². The van der Waals surface area contributed by atoms with E-state index in [1.54, 1.807) is 6.92 Å². The third-order valence-electron chi connectivity index (χ3n) is 3.95. The number of ether oxygens (including phenoxy) is 1. The third-order valence-corrected chi connectivity index (χ3v) is 3.95. The zero-order valence-electron chi connectivity index (χ0n) is 13.3. The van der Waals surface area contributed by atoms with Crippen LogP contribution in [0.1, 0.15) is 18.4 Å². The van der Waals surface area contributed by atoms with Gasteiger partial charge in [-0.25, -0.2) is 0 Å². The van der Waals surface area contributed by atoms with Gasteiger partial charge in [-0.3, -0.25) is 4.79 Å². The number of benzene rings is 3. The summed E-state index contributed by atoms with van der Waals surface area (Å²) in [5.74, 6) is 0.203. The van der Waals surface area contributed by atoms with Gasteiger partial charge in [-0.15, -0.1) is 0 Å². The quantitative estimate of drug-likeness (QED) is 0.691. The van der Waals surface area contributed by atoms with Crippen molar-refractivity contribution in [2.24, 2.45) is 0 Å². The molecule has 0 aliphatic rings. The van der Waals surface area contributed by atoms with Gasteiger partial charge >= 0.3 is 5.97 Å². The first-order chi connectivity index (χ1) is 11.6. The van der Waals surface area contributed by atoms with Gasteiger partial charge in [0.05, 0.1) is 5.92 Å². The molecule has 0 radical (unpaired) electrons. The highest BCUT2D eigenvalue weighted by Crippen LogP contribution is 2.33. The van der Waals surface area contributed by atoms with Crippen LogP contribution < -0.4 is 4.74 Å². The molecule has 0 bridgehead atoms.